The van der Waals surface area contributed by atoms with Crippen LogP contribution in [0.3, 0.4) is 0 Å². The van der Waals surface area contributed by atoms with Gasteiger partial charge in [0.05, 0.1) is 11.9 Å². The average molecular weight is 546 g/mol. The summed E-state index contributed by atoms with van der Waals surface area (Å²) in [6.45, 7) is 4.04. The molecule has 1 aliphatic carbocycles. The van der Waals surface area contributed by atoms with E-state index in [-0.39, 0.29) is 43.2 Å². The Bertz CT molecular complexity index is 1180. The van der Waals surface area contributed by atoms with Crippen LogP contribution in [0.15, 0.2) is 48.5 Å². The molecule has 3 rings (SSSR count). The lowest BCUT2D eigenvalue weighted by molar-refractivity contribution is -0.141. The Hall–Kier alpha value is -2.94. The van der Waals surface area contributed by atoms with E-state index >= 15 is 0 Å². The number of nitrogens with one attached hydrogen (secondary N) is 1. The van der Waals surface area contributed by atoms with E-state index in [2.05, 4.69) is 5.32 Å². The number of hydrogen-bond donors (Lipinski definition) is 1. The van der Waals surface area contributed by atoms with Crippen molar-refractivity contribution in [1.29, 1.82) is 0 Å². The summed E-state index contributed by atoms with van der Waals surface area (Å²) >= 11 is 0. The number of amides is 2. The molecule has 0 aromatic heterocycles. The van der Waals surface area contributed by atoms with Crippen molar-refractivity contribution in [1.82, 2.24) is 10.2 Å². The lowest BCUT2D eigenvalue weighted by atomic mass is 9.95. The predicted octanol–water partition coefficient (Wildman–Crippen LogP) is 4.94. The molecule has 0 saturated heterocycles. The monoisotopic (exact) mass is 545 g/mol. The van der Waals surface area contributed by atoms with Crippen LogP contribution in [-0.4, -0.2) is 50.0 Å². The molecule has 38 heavy (non-hydrogen) atoms. The second kappa shape index (κ2) is 13.7. The van der Waals surface area contributed by atoms with Crippen LogP contribution >= 0.6 is 0 Å². The smallest absolute Gasteiger partial charge is 0.243 e. The summed E-state index contributed by atoms with van der Waals surface area (Å²) in [5.41, 5.74) is 2.14. The van der Waals surface area contributed by atoms with Crippen LogP contribution in [0.1, 0.15) is 69.4 Å². The number of carbonyl (C=O) groups is 2. The molecule has 7 nitrogen and oxygen atoms in total. The van der Waals surface area contributed by atoms with Crippen molar-refractivity contribution in [2.75, 3.05) is 17.1 Å². The highest BCUT2D eigenvalue weighted by molar-refractivity contribution is 7.92. The zero-order valence-corrected chi connectivity index (χ0v) is 23.5. The van der Waals surface area contributed by atoms with Crippen LogP contribution < -0.4 is 9.62 Å². The topological polar surface area (TPSA) is 86.8 Å². The maximum absolute atomic E-state index is 13.6. The van der Waals surface area contributed by atoms with E-state index in [1.807, 2.05) is 26.0 Å². The maximum atomic E-state index is 13.6. The van der Waals surface area contributed by atoms with Crippen molar-refractivity contribution < 1.29 is 22.4 Å². The quantitative estimate of drug-likeness (QED) is 0.410. The summed E-state index contributed by atoms with van der Waals surface area (Å²) in [6, 6.07) is 12.6. The molecule has 0 radical (unpaired) electrons. The van der Waals surface area contributed by atoms with Gasteiger partial charge in [-0.2, -0.15) is 0 Å². The minimum atomic E-state index is -3.55. The third-order valence-electron chi connectivity index (χ3n) is 7.14. The molecule has 1 atom stereocenters. The molecule has 1 N–H and O–H groups in total. The van der Waals surface area contributed by atoms with Crippen LogP contribution in [0.4, 0.5) is 10.1 Å². The normalized spacial score (nSPS) is 15.1. The molecule has 208 valence electrons. The van der Waals surface area contributed by atoms with Crippen LogP contribution in [0.5, 0.6) is 0 Å². The maximum Gasteiger partial charge on any atom is 0.243 e. The van der Waals surface area contributed by atoms with Crippen molar-refractivity contribution in [3.63, 3.8) is 0 Å². The number of nitrogens with zero attached hydrogens (tertiary/aromatic N) is 2. The van der Waals surface area contributed by atoms with E-state index in [1.165, 1.54) is 22.9 Å². The summed E-state index contributed by atoms with van der Waals surface area (Å²) in [4.78, 5) is 28.4. The average Bonchev–Trinajstić information content (AvgIpc) is 2.88. The minimum absolute atomic E-state index is 0.0757. The molecule has 1 unspecified atom stereocenters. The van der Waals surface area contributed by atoms with Gasteiger partial charge < -0.3 is 10.2 Å². The second-order valence-corrected chi connectivity index (χ2v) is 12.0. The minimum Gasteiger partial charge on any atom is -0.352 e. The molecule has 0 heterocycles. The van der Waals surface area contributed by atoms with Crippen molar-refractivity contribution in [3.05, 3.63) is 65.5 Å². The first-order valence-electron chi connectivity index (χ1n) is 13.5. The van der Waals surface area contributed by atoms with Gasteiger partial charge in [0, 0.05) is 25.6 Å². The molecule has 2 amide bonds. The highest BCUT2D eigenvalue weighted by Crippen LogP contribution is 2.23. The van der Waals surface area contributed by atoms with Gasteiger partial charge in [-0.3, -0.25) is 13.9 Å². The van der Waals surface area contributed by atoms with E-state index in [9.17, 15) is 22.4 Å². The lowest BCUT2D eigenvalue weighted by Crippen LogP contribution is -2.51. The Morgan fingerprint density at radius 1 is 1.05 bits per heavy atom. The van der Waals surface area contributed by atoms with Crippen LogP contribution in [0.2, 0.25) is 0 Å². The zero-order valence-electron chi connectivity index (χ0n) is 22.7. The Balaban J connectivity index is 1.76. The van der Waals surface area contributed by atoms with E-state index in [0.29, 0.717) is 18.5 Å². The molecule has 2 aromatic rings. The second-order valence-electron chi connectivity index (χ2n) is 10.1. The predicted molar refractivity (Wildman–Crippen MR) is 149 cm³/mol. The van der Waals surface area contributed by atoms with Crippen LogP contribution in [-0.2, 0) is 26.2 Å². The number of rotatable bonds is 12. The highest BCUT2D eigenvalue weighted by atomic mass is 32.2. The fourth-order valence-electron chi connectivity index (χ4n) is 5.08. The van der Waals surface area contributed by atoms with Crippen molar-refractivity contribution in [2.24, 2.45) is 0 Å². The molecule has 0 bridgehead atoms. The van der Waals surface area contributed by atoms with Gasteiger partial charge in [-0.1, -0.05) is 56.5 Å². The summed E-state index contributed by atoms with van der Waals surface area (Å²) in [7, 11) is -3.55. The number of para-hydroxylation sites is 1. The molecular formula is C29H40FN3O4S. The van der Waals surface area contributed by atoms with Crippen molar-refractivity contribution in [3.8, 4) is 0 Å². The Morgan fingerprint density at radius 2 is 1.71 bits per heavy atom. The molecule has 1 fully saturated rings. The largest absolute Gasteiger partial charge is 0.352 e. The fourth-order valence-corrected chi connectivity index (χ4v) is 6.10. The Morgan fingerprint density at radius 3 is 2.32 bits per heavy atom. The van der Waals surface area contributed by atoms with Gasteiger partial charge in [-0.05, 0) is 61.9 Å². The highest BCUT2D eigenvalue weighted by Gasteiger charge is 2.30. The molecular weight excluding hydrogens is 505 g/mol. The Labute approximate surface area is 226 Å². The summed E-state index contributed by atoms with van der Waals surface area (Å²) in [5.74, 6) is -0.781. The summed E-state index contributed by atoms with van der Waals surface area (Å²) in [6.07, 6.45) is 7.17. The fraction of sp³-hybridized carbons (Fsp3) is 0.517. The number of hydrogen-bond acceptors (Lipinski definition) is 4. The molecule has 9 heteroatoms. The van der Waals surface area contributed by atoms with Gasteiger partial charge in [0.2, 0.25) is 21.8 Å². The van der Waals surface area contributed by atoms with Crippen molar-refractivity contribution in [2.45, 2.75) is 83.8 Å². The standard InChI is InChI=1S/C29H40FN3O4S/c1-4-26(29(35)31-25-12-6-5-7-13-25)32(21-23-16-18-24(30)19-17-23)28(34)15-10-20-33(38(3,36)37)27-14-9-8-11-22(27)2/h8-9,11,14,16-19,25-26H,4-7,10,12-13,15,20-21H2,1-3H3,(H,31,35). The molecule has 2 aromatic carbocycles. The first-order chi connectivity index (χ1) is 18.1. The van der Waals surface area contributed by atoms with Gasteiger partial charge >= 0.3 is 0 Å². The first-order valence-corrected chi connectivity index (χ1v) is 15.3. The molecule has 0 spiro atoms. The number of aryl methyl sites for hydroxylation is 1. The van der Waals surface area contributed by atoms with Gasteiger partial charge in [0.1, 0.15) is 11.9 Å². The molecule has 0 aliphatic heterocycles. The number of halogens is 1. The summed E-state index contributed by atoms with van der Waals surface area (Å²) < 4.78 is 39.9. The van der Waals surface area contributed by atoms with E-state index in [1.54, 1.807) is 29.2 Å². The van der Waals surface area contributed by atoms with Crippen molar-refractivity contribution >= 4 is 27.5 Å². The van der Waals surface area contributed by atoms with Crippen LogP contribution in [0.25, 0.3) is 0 Å². The SMILES string of the molecule is CCC(C(=O)NC1CCCCC1)N(Cc1ccc(F)cc1)C(=O)CCCN(c1ccccc1C)S(C)(=O)=O. The van der Waals surface area contributed by atoms with E-state index in [0.717, 1.165) is 43.1 Å². The van der Waals surface area contributed by atoms with E-state index < -0.39 is 16.1 Å². The van der Waals surface area contributed by atoms with E-state index in [4.69, 9.17) is 0 Å². The molecule has 1 aliphatic rings. The number of carbonyl (C=O) groups excluding carboxylic acids is 2. The first kappa shape index (κ1) is 29.6. The lowest BCUT2D eigenvalue weighted by Gasteiger charge is -2.33. The third kappa shape index (κ3) is 8.28. The van der Waals surface area contributed by atoms with Gasteiger partial charge in [0.15, 0.2) is 0 Å². The number of sulfonamides is 1. The van der Waals surface area contributed by atoms with Gasteiger partial charge in [-0.25, -0.2) is 12.8 Å². The molecule has 1 saturated carbocycles. The third-order valence-corrected chi connectivity index (χ3v) is 8.32. The Kier molecular flexibility index (Phi) is 10.7. The van der Waals surface area contributed by atoms with Gasteiger partial charge in [0.25, 0.3) is 0 Å². The number of benzene rings is 2. The number of anilines is 1. The zero-order chi connectivity index (χ0) is 27.7. The summed E-state index contributed by atoms with van der Waals surface area (Å²) in [5, 5.41) is 3.14. The van der Waals surface area contributed by atoms with Crippen LogP contribution in [0, 0.1) is 12.7 Å². The van der Waals surface area contributed by atoms with Gasteiger partial charge in [-0.15, -0.1) is 0 Å².